The molecule has 1 aromatic heterocycles. The van der Waals surface area contributed by atoms with Crippen LogP contribution in [0.25, 0.3) is 0 Å². The van der Waals surface area contributed by atoms with Crippen LogP contribution in [-0.4, -0.2) is 24.0 Å². The summed E-state index contributed by atoms with van der Waals surface area (Å²) < 4.78 is 0. The minimum atomic E-state index is -0.512. The maximum Gasteiger partial charge on any atom is 0.236 e. The molecule has 0 spiro atoms. The molecule has 116 valence electrons. The molecule has 5 nitrogen and oxygen atoms in total. The van der Waals surface area contributed by atoms with Crippen molar-refractivity contribution in [1.82, 2.24) is 10.3 Å². The van der Waals surface area contributed by atoms with E-state index in [0.717, 1.165) is 17.9 Å². The third-order valence-corrected chi connectivity index (χ3v) is 3.36. The molecule has 1 aromatic carbocycles. The van der Waals surface area contributed by atoms with Crippen LogP contribution < -0.4 is 16.0 Å². The fourth-order valence-electron chi connectivity index (χ4n) is 2.19. The van der Waals surface area contributed by atoms with Gasteiger partial charge in [-0.3, -0.25) is 4.79 Å². The van der Waals surface area contributed by atoms with Gasteiger partial charge in [0.05, 0.1) is 6.04 Å². The number of benzene rings is 1. The van der Waals surface area contributed by atoms with Gasteiger partial charge >= 0.3 is 0 Å². The molecule has 0 aliphatic heterocycles. The molecule has 1 amide bonds. The number of aromatic nitrogens is 1. The summed E-state index contributed by atoms with van der Waals surface area (Å²) >= 11 is 0. The molecular weight excluding hydrogens is 276 g/mol. The van der Waals surface area contributed by atoms with Crippen LogP contribution in [0.5, 0.6) is 0 Å². The van der Waals surface area contributed by atoms with Gasteiger partial charge in [0, 0.05) is 31.9 Å². The quantitative estimate of drug-likeness (QED) is 0.851. The molecule has 0 radical (unpaired) electrons. The molecule has 1 atom stereocenters. The number of hydrogen-bond acceptors (Lipinski definition) is 4. The third kappa shape index (κ3) is 4.30. The van der Waals surface area contributed by atoms with Crippen molar-refractivity contribution in [2.75, 3.05) is 11.9 Å². The number of pyridine rings is 1. The van der Waals surface area contributed by atoms with E-state index in [-0.39, 0.29) is 5.91 Å². The fourth-order valence-corrected chi connectivity index (χ4v) is 2.19. The number of rotatable bonds is 6. The predicted molar refractivity (Wildman–Crippen MR) is 88.3 cm³/mol. The normalized spacial score (nSPS) is 11.8. The van der Waals surface area contributed by atoms with E-state index < -0.39 is 6.04 Å². The summed E-state index contributed by atoms with van der Waals surface area (Å²) in [6, 6.07) is 13.5. The van der Waals surface area contributed by atoms with Gasteiger partial charge in [0.1, 0.15) is 5.82 Å². The van der Waals surface area contributed by atoms with Crippen LogP contribution in [0.4, 0.5) is 5.82 Å². The molecule has 0 aliphatic carbocycles. The monoisotopic (exact) mass is 298 g/mol. The summed E-state index contributed by atoms with van der Waals surface area (Å²) in [7, 11) is 1.99. The smallest absolute Gasteiger partial charge is 0.236 e. The highest BCUT2D eigenvalue weighted by Crippen LogP contribution is 2.18. The number of nitrogens with zero attached hydrogens (tertiary/aromatic N) is 2. The first kappa shape index (κ1) is 16.0. The average Bonchev–Trinajstić information content (AvgIpc) is 2.53. The maximum absolute atomic E-state index is 11.6. The van der Waals surface area contributed by atoms with Crippen LogP contribution in [0, 0.1) is 0 Å². The number of anilines is 1. The number of nitrogens with one attached hydrogen (secondary N) is 1. The Bertz CT molecular complexity index is 613. The van der Waals surface area contributed by atoms with E-state index in [0.29, 0.717) is 6.54 Å². The van der Waals surface area contributed by atoms with Crippen molar-refractivity contribution in [3.05, 3.63) is 59.8 Å². The largest absolute Gasteiger partial charge is 0.355 e. The lowest BCUT2D eigenvalue weighted by Gasteiger charge is -2.21. The minimum absolute atomic E-state index is 0.166. The second-order valence-electron chi connectivity index (χ2n) is 5.33. The van der Waals surface area contributed by atoms with Gasteiger partial charge in [-0.15, -0.1) is 0 Å². The summed E-state index contributed by atoms with van der Waals surface area (Å²) in [5.41, 5.74) is 7.74. The SMILES string of the molecule is C[C@@H](N)C(=O)NCc1cccnc1N(C)Cc1ccccc1. The van der Waals surface area contributed by atoms with Crippen LogP contribution >= 0.6 is 0 Å². The topological polar surface area (TPSA) is 71.2 Å². The Balaban J connectivity index is 2.08. The van der Waals surface area contributed by atoms with Gasteiger partial charge in [-0.1, -0.05) is 36.4 Å². The number of carbonyl (C=O) groups excluding carboxylic acids is 1. The lowest BCUT2D eigenvalue weighted by atomic mass is 10.2. The summed E-state index contributed by atoms with van der Waals surface area (Å²) in [6.07, 6.45) is 1.76. The van der Waals surface area contributed by atoms with Crippen molar-refractivity contribution in [3.8, 4) is 0 Å². The van der Waals surface area contributed by atoms with E-state index in [1.54, 1.807) is 13.1 Å². The zero-order valence-corrected chi connectivity index (χ0v) is 13.0. The molecule has 2 aromatic rings. The molecule has 22 heavy (non-hydrogen) atoms. The highest BCUT2D eigenvalue weighted by Gasteiger charge is 2.12. The van der Waals surface area contributed by atoms with Gasteiger partial charge in [-0.25, -0.2) is 4.98 Å². The molecule has 0 saturated carbocycles. The van der Waals surface area contributed by atoms with E-state index in [1.807, 2.05) is 37.4 Å². The van der Waals surface area contributed by atoms with Gasteiger partial charge in [0.15, 0.2) is 0 Å². The molecule has 0 aliphatic rings. The van der Waals surface area contributed by atoms with Crippen molar-refractivity contribution in [2.45, 2.75) is 26.1 Å². The Hall–Kier alpha value is -2.40. The molecule has 0 saturated heterocycles. The number of carbonyl (C=O) groups is 1. The molecule has 2 rings (SSSR count). The van der Waals surface area contributed by atoms with Crippen molar-refractivity contribution >= 4 is 11.7 Å². The van der Waals surface area contributed by atoms with Gasteiger partial charge in [-0.2, -0.15) is 0 Å². The lowest BCUT2D eigenvalue weighted by Crippen LogP contribution is -2.38. The van der Waals surface area contributed by atoms with Crippen molar-refractivity contribution in [3.63, 3.8) is 0 Å². The predicted octanol–water partition coefficient (Wildman–Crippen LogP) is 1.68. The molecule has 3 N–H and O–H groups in total. The summed E-state index contributed by atoms with van der Waals surface area (Å²) in [6.45, 7) is 2.84. The van der Waals surface area contributed by atoms with E-state index in [2.05, 4.69) is 27.3 Å². The number of amides is 1. The Morgan fingerprint density at radius 3 is 2.68 bits per heavy atom. The van der Waals surface area contributed by atoms with Crippen LogP contribution in [-0.2, 0) is 17.9 Å². The van der Waals surface area contributed by atoms with Crippen molar-refractivity contribution in [2.24, 2.45) is 5.73 Å². The van der Waals surface area contributed by atoms with Crippen LogP contribution in [0.15, 0.2) is 48.7 Å². The fraction of sp³-hybridized carbons (Fsp3) is 0.294. The first-order chi connectivity index (χ1) is 10.6. The molecular formula is C17H22N4O. The average molecular weight is 298 g/mol. The van der Waals surface area contributed by atoms with Gasteiger partial charge in [0.2, 0.25) is 5.91 Å². The van der Waals surface area contributed by atoms with Gasteiger partial charge < -0.3 is 16.0 Å². The molecule has 0 bridgehead atoms. The second kappa shape index (κ2) is 7.56. The van der Waals surface area contributed by atoms with Crippen LogP contribution in [0.3, 0.4) is 0 Å². The zero-order valence-electron chi connectivity index (χ0n) is 13.0. The first-order valence-corrected chi connectivity index (χ1v) is 7.30. The highest BCUT2D eigenvalue weighted by atomic mass is 16.2. The first-order valence-electron chi connectivity index (χ1n) is 7.30. The maximum atomic E-state index is 11.6. The minimum Gasteiger partial charge on any atom is -0.355 e. The van der Waals surface area contributed by atoms with Gasteiger partial charge in [-0.05, 0) is 18.6 Å². The van der Waals surface area contributed by atoms with Crippen molar-refractivity contribution < 1.29 is 4.79 Å². The van der Waals surface area contributed by atoms with E-state index in [4.69, 9.17) is 5.73 Å². The Kier molecular flexibility index (Phi) is 5.49. The highest BCUT2D eigenvalue weighted by molar-refractivity contribution is 5.81. The third-order valence-electron chi connectivity index (χ3n) is 3.36. The lowest BCUT2D eigenvalue weighted by molar-refractivity contribution is -0.122. The Labute approximate surface area is 131 Å². The van der Waals surface area contributed by atoms with Crippen LogP contribution in [0.2, 0.25) is 0 Å². The van der Waals surface area contributed by atoms with Gasteiger partial charge in [0.25, 0.3) is 0 Å². The zero-order chi connectivity index (χ0) is 15.9. The van der Waals surface area contributed by atoms with Crippen LogP contribution in [0.1, 0.15) is 18.1 Å². The van der Waals surface area contributed by atoms with E-state index >= 15 is 0 Å². The summed E-state index contributed by atoms with van der Waals surface area (Å²) in [4.78, 5) is 18.1. The molecule has 0 unspecified atom stereocenters. The number of nitrogens with two attached hydrogens (primary N) is 1. The second-order valence-corrected chi connectivity index (χ2v) is 5.33. The molecule has 0 fully saturated rings. The standard InChI is InChI=1S/C17H22N4O/c1-13(18)17(22)20-11-15-9-6-10-19-16(15)21(2)12-14-7-4-3-5-8-14/h3-10,13H,11-12,18H2,1-2H3,(H,20,22)/t13-/m1/s1. The molecule has 5 heteroatoms. The van der Waals surface area contributed by atoms with E-state index in [9.17, 15) is 4.79 Å². The molecule has 1 heterocycles. The summed E-state index contributed by atoms with van der Waals surface area (Å²) in [5, 5.41) is 2.83. The van der Waals surface area contributed by atoms with Crippen molar-refractivity contribution in [1.29, 1.82) is 0 Å². The summed E-state index contributed by atoms with van der Waals surface area (Å²) in [5.74, 6) is 0.692. The van der Waals surface area contributed by atoms with E-state index in [1.165, 1.54) is 5.56 Å². The number of hydrogen-bond donors (Lipinski definition) is 2. The Morgan fingerprint density at radius 2 is 2.00 bits per heavy atom. The Morgan fingerprint density at radius 1 is 1.27 bits per heavy atom.